The molecule has 0 saturated heterocycles. The van der Waals surface area contributed by atoms with Crippen molar-refractivity contribution in [1.82, 2.24) is 20.2 Å². The van der Waals surface area contributed by atoms with Crippen LogP contribution < -0.4 is 15.4 Å². The average Bonchev–Trinajstić information content (AvgIpc) is 3.42. The maximum atomic E-state index is 13.3. The van der Waals surface area contributed by atoms with Crippen LogP contribution in [0.2, 0.25) is 5.02 Å². The molecule has 0 spiro atoms. The highest BCUT2D eigenvalue weighted by molar-refractivity contribution is 6.31. The molecular weight excluding hydrogens is 471 g/mol. The van der Waals surface area contributed by atoms with Crippen molar-refractivity contribution < 1.29 is 22.7 Å². The number of carbonyl (C=O) groups excluding carboxylic acids is 1. The smallest absolute Gasteiger partial charge is 0.416 e. The molecule has 0 radical (unpaired) electrons. The summed E-state index contributed by atoms with van der Waals surface area (Å²) < 4.78 is 47.4. The van der Waals surface area contributed by atoms with Crippen molar-refractivity contribution in [3.63, 3.8) is 0 Å². The van der Waals surface area contributed by atoms with E-state index in [0.717, 1.165) is 12.1 Å². The maximum Gasteiger partial charge on any atom is 0.416 e. The molecule has 180 valence electrons. The molecule has 34 heavy (non-hydrogen) atoms. The van der Waals surface area contributed by atoms with Crippen molar-refractivity contribution in [2.75, 3.05) is 19.7 Å². The number of hydrogen-bond acceptors (Lipinski definition) is 5. The number of benzene rings is 2. The standard InChI is InChI=1S/C23H23ClF3N5O2/c1-2-34-19-8-6-15(24)13-16(19)21-30-17-12-14(23(25,26)27)5-7-18(17)32(21)11-3-4-20(33)31-22-28-9-10-29-22/h5-8,12-13H,2-4,9-11H2,1H3,(H2,28,29,31,33). The maximum absolute atomic E-state index is 13.3. The van der Waals surface area contributed by atoms with E-state index in [-0.39, 0.29) is 17.8 Å². The van der Waals surface area contributed by atoms with Gasteiger partial charge in [0, 0.05) is 24.5 Å². The van der Waals surface area contributed by atoms with Crippen LogP contribution in [-0.4, -0.2) is 41.1 Å². The number of nitrogens with one attached hydrogen (secondary N) is 2. The van der Waals surface area contributed by atoms with Crippen molar-refractivity contribution in [2.24, 2.45) is 4.99 Å². The lowest BCUT2D eigenvalue weighted by molar-refractivity contribution is -0.137. The number of nitrogens with zero attached hydrogens (tertiary/aromatic N) is 3. The molecule has 0 saturated carbocycles. The Labute approximate surface area is 199 Å². The highest BCUT2D eigenvalue weighted by Crippen LogP contribution is 2.36. The minimum Gasteiger partial charge on any atom is -0.493 e. The molecule has 0 atom stereocenters. The zero-order valence-corrected chi connectivity index (χ0v) is 19.1. The summed E-state index contributed by atoms with van der Waals surface area (Å²) >= 11 is 6.22. The first kappa shape index (κ1) is 23.9. The van der Waals surface area contributed by atoms with E-state index in [0.29, 0.717) is 66.3 Å². The molecule has 2 N–H and O–H groups in total. The zero-order valence-electron chi connectivity index (χ0n) is 18.4. The molecule has 11 heteroatoms. The number of ether oxygens (including phenoxy) is 1. The predicted molar refractivity (Wildman–Crippen MR) is 124 cm³/mol. The number of hydrogen-bond donors (Lipinski definition) is 2. The fourth-order valence-corrected chi connectivity index (χ4v) is 3.94. The summed E-state index contributed by atoms with van der Waals surface area (Å²) in [5.41, 5.74) is 0.499. The van der Waals surface area contributed by atoms with Gasteiger partial charge in [-0.3, -0.25) is 15.1 Å². The van der Waals surface area contributed by atoms with Crippen LogP contribution in [0.4, 0.5) is 13.2 Å². The Kier molecular flexibility index (Phi) is 6.97. The summed E-state index contributed by atoms with van der Waals surface area (Å²) in [4.78, 5) is 20.9. The summed E-state index contributed by atoms with van der Waals surface area (Å²) in [7, 11) is 0. The molecule has 0 aliphatic carbocycles. The van der Waals surface area contributed by atoms with Gasteiger partial charge in [0.1, 0.15) is 11.6 Å². The third kappa shape index (κ3) is 5.27. The normalized spacial score (nSPS) is 13.6. The quantitative estimate of drug-likeness (QED) is 0.503. The van der Waals surface area contributed by atoms with Gasteiger partial charge >= 0.3 is 6.18 Å². The Morgan fingerprint density at radius 1 is 1.26 bits per heavy atom. The van der Waals surface area contributed by atoms with Crippen LogP contribution in [0.3, 0.4) is 0 Å². The average molecular weight is 494 g/mol. The van der Waals surface area contributed by atoms with Gasteiger partial charge in [0.05, 0.1) is 35.3 Å². The van der Waals surface area contributed by atoms with Crippen molar-refractivity contribution in [3.05, 3.63) is 47.0 Å². The third-order valence-corrected chi connectivity index (χ3v) is 5.51. The minimum absolute atomic E-state index is 0.196. The van der Waals surface area contributed by atoms with E-state index in [1.54, 1.807) is 22.8 Å². The van der Waals surface area contributed by atoms with E-state index < -0.39 is 11.7 Å². The molecule has 4 rings (SSSR count). The topological polar surface area (TPSA) is 80.5 Å². The van der Waals surface area contributed by atoms with Crippen LogP contribution in [0.25, 0.3) is 22.4 Å². The predicted octanol–water partition coefficient (Wildman–Crippen LogP) is 4.63. The Morgan fingerprint density at radius 3 is 2.79 bits per heavy atom. The fourth-order valence-electron chi connectivity index (χ4n) is 3.77. The van der Waals surface area contributed by atoms with Gasteiger partial charge < -0.3 is 14.6 Å². The highest BCUT2D eigenvalue weighted by atomic mass is 35.5. The van der Waals surface area contributed by atoms with Gasteiger partial charge in [-0.2, -0.15) is 13.2 Å². The van der Waals surface area contributed by atoms with Gasteiger partial charge in [-0.1, -0.05) is 11.6 Å². The highest BCUT2D eigenvalue weighted by Gasteiger charge is 2.31. The molecule has 0 bridgehead atoms. The number of alkyl halides is 3. The van der Waals surface area contributed by atoms with Gasteiger partial charge in [0.25, 0.3) is 0 Å². The molecule has 2 heterocycles. The Balaban J connectivity index is 1.68. The second-order valence-electron chi connectivity index (χ2n) is 7.67. The summed E-state index contributed by atoms with van der Waals surface area (Å²) in [5.74, 6) is 1.19. The molecule has 7 nitrogen and oxygen atoms in total. The number of guanidine groups is 1. The second kappa shape index (κ2) is 9.92. The molecule has 2 aromatic carbocycles. The van der Waals surface area contributed by atoms with Crippen molar-refractivity contribution in [2.45, 2.75) is 32.5 Å². The number of rotatable bonds is 7. The van der Waals surface area contributed by atoms with E-state index in [4.69, 9.17) is 16.3 Å². The van der Waals surface area contributed by atoms with Gasteiger partial charge in [-0.25, -0.2) is 4.98 Å². The van der Waals surface area contributed by atoms with Gasteiger partial charge in [0.15, 0.2) is 5.96 Å². The number of amides is 1. The number of aliphatic imine (C=N–C) groups is 1. The number of fused-ring (bicyclic) bond motifs is 1. The largest absolute Gasteiger partial charge is 0.493 e. The van der Waals surface area contributed by atoms with Crippen molar-refractivity contribution >= 4 is 34.5 Å². The lowest BCUT2D eigenvalue weighted by Gasteiger charge is -2.14. The summed E-state index contributed by atoms with van der Waals surface area (Å²) in [6.07, 6.45) is -3.85. The fraction of sp³-hybridized carbons (Fsp3) is 0.348. The zero-order chi connectivity index (χ0) is 24.3. The minimum atomic E-state index is -4.49. The third-order valence-electron chi connectivity index (χ3n) is 5.28. The van der Waals surface area contributed by atoms with Gasteiger partial charge in [0.2, 0.25) is 5.91 Å². The van der Waals surface area contributed by atoms with Crippen LogP contribution in [0.15, 0.2) is 41.4 Å². The number of aryl methyl sites for hydroxylation is 1. The molecule has 1 aliphatic heterocycles. The lowest BCUT2D eigenvalue weighted by atomic mass is 10.1. The number of imidazole rings is 1. The second-order valence-corrected chi connectivity index (χ2v) is 8.11. The molecule has 1 amide bonds. The first-order valence-electron chi connectivity index (χ1n) is 10.8. The molecule has 1 aliphatic rings. The number of aromatic nitrogens is 2. The van der Waals surface area contributed by atoms with E-state index in [1.165, 1.54) is 6.07 Å². The Bertz CT molecular complexity index is 1240. The van der Waals surface area contributed by atoms with Crippen LogP contribution in [0.5, 0.6) is 5.75 Å². The first-order chi connectivity index (χ1) is 16.3. The van der Waals surface area contributed by atoms with Crippen molar-refractivity contribution in [3.8, 4) is 17.1 Å². The first-order valence-corrected chi connectivity index (χ1v) is 11.2. The van der Waals surface area contributed by atoms with E-state index in [1.807, 2.05) is 6.92 Å². The van der Waals surface area contributed by atoms with E-state index >= 15 is 0 Å². The summed E-state index contributed by atoms with van der Waals surface area (Å²) in [6, 6.07) is 8.51. The molecular formula is C23H23ClF3N5O2. The van der Waals surface area contributed by atoms with Gasteiger partial charge in [-0.05, 0) is 49.7 Å². The van der Waals surface area contributed by atoms with Crippen LogP contribution >= 0.6 is 11.6 Å². The Morgan fingerprint density at radius 2 is 2.09 bits per heavy atom. The number of halogens is 4. The molecule has 1 aromatic heterocycles. The van der Waals surface area contributed by atoms with Gasteiger partial charge in [-0.15, -0.1) is 0 Å². The Hall–Kier alpha value is -3.27. The van der Waals surface area contributed by atoms with E-state index in [2.05, 4.69) is 20.6 Å². The molecule has 3 aromatic rings. The van der Waals surface area contributed by atoms with Crippen LogP contribution in [0, 0.1) is 0 Å². The molecule has 0 unspecified atom stereocenters. The number of carbonyl (C=O) groups is 1. The summed E-state index contributed by atoms with van der Waals surface area (Å²) in [6.45, 7) is 3.87. The lowest BCUT2D eigenvalue weighted by Crippen LogP contribution is -2.38. The monoisotopic (exact) mass is 493 g/mol. The van der Waals surface area contributed by atoms with Crippen LogP contribution in [0.1, 0.15) is 25.3 Å². The van der Waals surface area contributed by atoms with Crippen molar-refractivity contribution in [1.29, 1.82) is 0 Å². The summed E-state index contributed by atoms with van der Waals surface area (Å²) in [5, 5.41) is 6.13. The molecule has 0 fully saturated rings. The van der Waals surface area contributed by atoms with Crippen LogP contribution in [-0.2, 0) is 17.5 Å². The SMILES string of the molecule is CCOc1ccc(Cl)cc1-c1nc2cc(C(F)(F)F)ccc2n1CCCC(=O)NC1=NCCN1. The van der Waals surface area contributed by atoms with E-state index in [9.17, 15) is 18.0 Å².